The van der Waals surface area contributed by atoms with Crippen molar-refractivity contribution in [2.75, 3.05) is 0 Å². The summed E-state index contributed by atoms with van der Waals surface area (Å²) in [7, 11) is -10.3. The number of benzene rings is 1. The molecule has 0 aliphatic rings. The number of hydrogen-bond donors (Lipinski definition) is 2. The first kappa shape index (κ1) is 13.1. The number of rotatable bonds is 4. The fraction of sp³-hybridized carbons (Fsp3) is 0. The summed E-state index contributed by atoms with van der Waals surface area (Å²) < 4.78 is 52.6. The minimum Gasteiger partial charge on any atom is -0.401 e. The van der Waals surface area contributed by atoms with Crippen molar-refractivity contribution in [2.24, 2.45) is 0 Å². The predicted molar refractivity (Wildman–Crippen MR) is 49.6 cm³/mol. The zero-order valence-corrected chi connectivity index (χ0v) is 9.28. The summed E-state index contributed by atoms with van der Waals surface area (Å²) in [6.07, 6.45) is 0. The molecule has 0 saturated carbocycles. The van der Waals surface area contributed by atoms with Crippen LogP contribution in [0, 0.1) is 0 Å². The Balaban J connectivity index is 2.76. The molecule has 2 N–H and O–H groups in total. The summed E-state index contributed by atoms with van der Waals surface area (Å²) in [4.78, 5) is 16.4. The van der Waals surface area contributed by atoms with Crippen LogP contribution in [0.5, 0.6) is 11.5 Å². The van der Waals surface area contributed by atoms with E-state index in [0.29, 0.717) is 0 Å². The van der Waals surface area contributed by atoms with Crippen LogP contribution in [-0.2, 0) is 9.13 Å². The third kappa shape index (κ3) is 5.23. The van der Waals surface area contributed by atoms with E-state index >= 15 is 0 Å². The number of halogens is 2. The van der Waals surface area contributed by atoms with Gasteiger partial charge in [0.15, 0.2) is 0 Å². The van der Waals surface area contributed by atoms with Crippen molar-refractivity contribution < 1.29 is 36.4 Å². The fourth-order valence-electron chi connectivity index (χ4n) is 0.821. The van der Waals surface area contributed by atoms with Crippen LogP contribution in [0.4, 0.5) is 8.39 Å². The molecular weight excluding hydrogens is 268 g/mol. The Morgan fingerprint density at radius 1 is 0.875 bits per heavy atom. The Kier molecular flexibility index (Phi) is 3.70. The van der Waals surface area contributed by atoms with Gasteiger partial charge in [0, 0.05) is 0 Å². The highest BCUT2D eigenvalue weighted by molar-refractivity contribution is 7.47. The Bertz CT molecular complexity index is 406. The maximum absolute atomic E-state index is 12.2. The highest BCUT2D eigenvalue weighted by Crippen LogP contribution is 2.46. The summed E-state index contributed by atoms with van der Waals surface area (Å²) in [5.41, 5.74) is 0. The molecule has 0 bridgehead atoms. The summed E-state index contributed by atoms with van der Waals surface area (Å²) >= 11 is 0. The molecule has 1 aromatic carbocycles. The van der Waals surface area contributed by atoms with E-state index in [1.54, 1.807) is 0 Å². The van der Waals surface area contributed by atoms with E-state index in [0.717, 1.165) is 24.3 Å². The monoisotopic (exact) mass is 274 g/mol. The van der Waals surface area contributed by atoms with Crippen LogP contribution in [0.3, 0.4) is 0 Å². The lowest BCUT2D eigenvalue weighted by Crippen LogP contribution is -1.88. The lowest BCUT2D eigenvalue weighted by Gasteiger charge is -2.07. The Morgan fingerprint density at radius 2 is 1.12 bits per heavy atom. The molecule has 0 aliphatic carbocycles. The van der Waals surface area contributed by atoms with E-state index in [1.165, 1.54) is 0 Å². The molecule has 0 radical (unpaired) electrons. The van der Waals surface area contributed by atoms with Gasteiger partial charge in [-0.1, -0.05) is 0 Å². The molecule has 0 fully saturated rings. The lowest BCUT2D eigenvalue weighted by atomic mass is 10.3. The van der Waals surface area contributed by atoms with Gasteiger partial charge in [-0.15, -0.1) is 8.39 Å². The topological polar surface area (TPSA) is 93.1 Å². The van der Waals surface area contributed by atoms with Crippen LogP contribution >= 0.6 is 15.8 Å². The van der Waals surface area contributed by atoms with Crippen molar-refractivity contribution in [3.63, 3.8) is 0 Å². The van der Waals surface area contributed by atoms with E-state index in [2.05, 4.69) is 9.05 Å². The van der Waals surface area contributed by atoms with Crippen LogP contribution in [0.15, 0.2) is 24.3 Å². The minimum absolute atomic E-state index is 0.313. The smallest absolute Gasteiger partial charge is 0.401 e. The summed E-state index contributed by atoms with van der Waals surface area (Å²) in [5, 5.41) is 0. The summed E-state index contributed by atoms with van der Waals surface area (Å²) in [5.74, 6) is -0.625. The normalized spacial score (nSPS) is 18.2. The Labute approximate surface area is 88.7 Å². The van der Waals surface area contributed by atoms with Crippen LogP contribution in [0.25, 0.3) is 0 Å². The molecule has 0 spiro atoms. The molecule has 1 aromatic rings. The first-order valence-electron chi connectivity index (χ1n) is 3.70. The first-order valence-corrected chi connectivity index (χ1v) is 6.63. The van der Waals surface area contributed by atoms with Crippen molar-refractivity contribution >= 4 is 15.8 Å². The SMILES string of the molecule is O=P(O)(F)Oc1ccc(OP(=O)(O)F)cc1. The van der Waals surface area contributed by atoms with Gasteiger partial charge in [-0.05, 0) is 24.3 Å². The minimum atomic E-state index is -5.16. The van der Waals surface area contributed by atoms with Gasteiger partial charge >= 0.3 is 15.8 Å². The summed E-state index contributed by atoms with van der Waals surface area (Å²) in [6, 6.07) is 3.86. The molecule has 0 aromatic heterocycles. The van der Waals surface area contributed by atoms with Gasteiger partial charge in [-0.2, -0.15) is 0 Å². The van der Waals surface area contributed by atoms with Gasteiger partial charge in [-0.3, -0.25) is 9.79 Å². The standard InChI is InChI=1S/C6H6F2O6P2/c7-15(9,10)13-5-1-2-6(4-3-5)14-16(8,11)12/h1-4H,(H,9,10)(H,11,12). The lowest BCUT2D eigenvalue weighted by molar-refractivity contribution is 0.324. The van der Waals surface area contributed by atoms with E-state index in [9.17, 15) is 17.5 Å². The second kappa shape index (κ2) is 4.51. The Hall–Kier alpha value is -0.940. The van der Waals surface area contributed by atoms with Gasteiger partial charge in [0.25, 0.3) is 0 Å². The highest BCUT2D eigenvalue weighted by atomic mass is 31.2. The first-order chi connectivity index (χ1) is 7.16. The molecule has 0 aliphatic heterocycles. The molecule has 0 saturated heterocycles. The predicted octanol–water partition coefficient (Wildman–Crippen LogP) is 2.58. The maximum atomic E-state index is 12.2. The van der Waals surface area contributed by atoms with Crippen LogP contribution in [-0.4, -0.2) is 9.79 Å². The van der Waals surface area contributed by atoms with Crippen molar-refractivity contribution in [1.82, 2.24) is 0 Å². The second-order valence-corrected chi connectivity index (χ2v) is 4.73. The fourth-order valence-corrected chi connectivity index (χ4v) is 1.58. The van der Waals surface area contributed by atoms with Crippen molar-refractivity contribution in [3.8, 4) is 11.5 Å². The molecular formula is C6H6F2O6P2. The molecule has 2 unspecified atom stereocenters. The van der Waals surface area contributed by atoms with Crippen LogP contribution in [0.1, 0.15) is 0 Å². The molecule has 16 heavy (non-hydrogen) atoms. The van der Waals surface area contributed by atoms with Gasteiger partial charge in [0.1, 0.15) is 11.5 Å². The molecule has 1 rings (SSSR count). The zero-order valence-electron chi connectivity index (χ0n) is 7.49. The second-order valence-electron chi connectivity index (χ2n) is 2.56. The van der Waals surface area contributed by atoms with Crippen molar-refractivity contribution in [3.05, 3.63) is 24.3 Å². The van der Waals surface area contributed by atoms with Gasteiger partial charge < -0.3 is 9.05 Å². The average Bonchev–Trinajstić information content (AvgIpc) is 2.03. The molecule has 10 heteroatoms. The highest BCUT2D eigenvalue weighted by Gasteiger charge is 2.21. The van der Waals surface area contributed by atoms with Crippen LogP contribution < -0.4 is 9.05 Å². The zero-order chi connectivity index (χ0) is 12.4. The molecule has 0 heterocycles. The Morgan fingerprint density at radius 3 is 1.31 bits per heavy atom. The van der Waals surface area contributed by atoms with E-state index in [4.69, 9.17) is 9.79 Å². The summed E-state index contributed by atoms with van der Waals surface area (Å²) in [6.45, 7) is 0. The maximum Gasteiger partial charge on any atom is 0.567 e. The van der Waals surface area contributed by atoms with E-state index in [1.807, 2.05) is 0 Å². The number of hydrogen-bond acceptors (Lipinski definition) is 4. The van der Waals surface area contributed by atoms with Crippen molar-refractivity contribution in [2.45, 2.75) is 0 Å². The quantitative estimate of drug-likeness (QED) is 0.819. The largest absolute Gasteiger partial charge is 0.567 e. The molecule has 0 amide bonds. The van der Waals surface area contributed by atoms with Gasteiger partial charge in [0.05, 0.1) is 0 Å². The average molecular weight is 274 g/mol. The van der Waals surface area contributed by atoms with Crippen molar-refractivity contribution in [1.29, 1.82) is 0 Å². The van der Waals surface area contributed by atoms with Gasteiger partial charge in [-0.25, -0.2) is 9.13 Å². The van der Waals surface area contributed by atoms with E-state index < -0.39 is 15.8 Å². The van der Waals surface area contributed by atoms with E-state index in [-0.39, 0.29) is 11.5 Å². The molecule has 90 valence electrons. The molecule has 6 nitrogen and oxygen atoms in total. The van der Waals surface area contributed by atoms with Crippen LogP contribution in [0.2, 0.25) is 0 Å². The van der Waals surface area contributed by atoms with Gasteiger partial charge in [0.2, 0.25) is 0 Å². The third-order valence-corrected chi connectivity index (χ3v) is 2.13. The third-order valence-electron chi connectivity index (χ3n) is 1.26. The molecule has 2 atom stereocenters.